The van der Waals surface area contributed by atoms with Crippen molar-refractivity contribution < 1.29 is 22.4 Å². The maximum Gasteiger partial charge on any atom is 0.416 e. The quantitative estimate of drug-likeness (QED) is 0.777. The normalized spacial score (nSPS) is 11.3. The fourth-order valence-electron chi connectivity index (χ4n) is 2.07. The maximum atomic E-state index is 12.8. The Morgan fingerprint density at radius 1 is 0.957 bits per heavy atom. The van der Waals surface area contributed by atoms with Crippen LogP contribution in [0, 0.1) is 5.82 Å². The summed E-state index contributed by atoms with van der Waals surface area (Å²) in [5.74, 6) is -0.573. The molecular weight excluding hydrogens is 310 g/mol. The first-order valence-corrected chi connectivity index (χ1v) is 6.90. The molecule has 23 heavy (non-hydrogen) atoms. The average Bonchev–Trinajstić information content (AvgIpc) is 2.49. The minimum Gasteiger partial charge on any atom is -0.341 e. The number of amides is 1. The third-order valence-electron chi connectivity index (χ3n) is 3.40. The Bertz CT molecular complexity index is 662. The second-order valence-electron chi connectivity index (χ2n) is 5.25. The van der Waals surface area contributed by atoms with E-state index in [1.807, 2.05) is 0 Å². The lowest BCUT2D eigenvalue weighted by Gasteiger charge is -2.18. The number of nitrogens with zero attached hydrogens (tertiary/aromatic N) is 1. The van der Waals surface area contributed by atoms with Gasteiger partial charge in [0.25, 0.3) is 0 Å². The van der Waals surface area contributed by atoms with Gasteiger partial charge >= 0.3 is 6.18 Å². The van der Waals surface area contributed by atoms with Crippen LogP contribution in [0.2, 0.25) is 0 Å². The molecule has 2 rings (SSSR count). The molecule has 2 aromatic rings. The highest BCUT2D eigenvalue weighted by Crippen LogP contribution is 2.29. The van der Waals surface area contributed by atoms with E-state index in [1.54, 1.807) is 7.05 Å². The number of carbonyl (C=O) groups excluding carboxylic acids is 1. The van der Waals surface area contributed by atoms with Crippen molar-refractivity contribution in [2.24, 2.45) is 0 Å². The van der Waals surface area contributed by atoms with Crippen molar-refractivity contribution in [1.82, 2.24) is 4.90 Å². The number of hydrogen-bond donors (Lipinski definition) is 0. The molecule has 122 valence electrons. The van der Waals surface area contributed by atoms with Gasteiger partial charge in [0.2, 0.25) is 5.91 Å². The fraction of sp³-hybridized carbons (Fsp3) is 0.235. The maximum absolute atomic E-state index is 12.8. The summed E-state index contributed by atoms with van der Waals surface area (Å²) in [6.45, 7) is 0.207. The van der Waals surface area contributed by atoms with Gasteiger partial charge < -0.3 is 4.90 Å². The first kappa shape index (κ1) is 17.0. The Hall–Kier alpha value is -2.37. The van der Waals surface area contributed by atoms with Crippen LogP contribution in [0.25, 0.3) is 0 Å². The van der Waals surface area contributed by atoms with Crippen LogP contribution < -0.4 is 0 Å². The second kappa shape index (κ2) is 6.81. The monoisotopic (exact) mass is 325 g/mol. The van der Waals surface area contributed by atoms with Gasteiger partial charge in [0.15, 0.2) is 0 Å². The van der Waals surface area contributed by atoms with E-state index in [-0.39, 0.29) is 24.7 Å². The van der Waals surface area contributed by atoms with Crippen molar-refractivity contribution in [3.63, 3.8) is 0 Å². The average molecular weight is 325 g/mol. The van der Waals surface area contributed by atoms with Crippen LogP contribution in [-0.4, -0.2) is 17.9 Å². The Kier molecular flexibility index (Phi) is 5.03. The van der Waals surface area contributed by atoms with Gasteiger partial charge in [0.05, 0.1) is 12.0 Å². The van der Waals surface area contributed by atoms with Crippen LogP contribution in [0.15, 0.2) is 48.5 Å². The van der Waals surface area contributed by atoms with Gasteiger partial charge in [0, 0.05) is 13.6 Å². The third kappa shape index (κ3) is 4.81. The van der Waals surface area contributed by atoms with E-state index in [0.29, 0.717) is 11.1 Å². The summed E-state index contributed by atoms with van der Waals surface area (Å²) in [5, 5.41) is 0. The highest BCUT2D eigenvalue weighted by molar-refractivity contribution is 5.78. The molecular formula is C17H15F4NO. The predicted molar refractivity (Wildman–Crippen MR) is 78.0 cm³/mol. The first-order valence-electron chi connectivity index (χ1n) is 6.90. The molecule has 0 aromatic heterocycles. The van der Waals surface area contributed by atoms with Gasteiger partial charge in [0.1, 0.15) is 5.82 Å². The van der Waals surface area contributed by atoms with E-state index in [1.165, 1.54) is 41.3 Å². The molecule has 0 aliphatic heterocycles. The van der Waals surface area contributed by atoms with Crippen LogP contribution in [0.1, 0.15) is 16.7 Å². The van der Waals surface area contributed by atoms with E-state index in [2.05, 4.69) is 0 Å². The van der Waals surface area contributed by atoms with E-state index >= 15 is 0 Å². The lowest BCUT2D eigenvalue weighted by molar-refractivity contribution is -0.137. The molecule has 0 bridgehead atoms. The first-order chi connectivity index (χ1) is 10.8. The lowest BCUT2D eigenvalue weighted by Crippen LogP contribution is -2.27. The van der Waals surface area contributed by atoms with Crippen molar-refractivity contribution in [1.29, 1.82) is 0 Å². The van der Waals surface area contributed by atoms with Gasteiger partial charge in [-0.05, 0) is 35.4 Å². The summed E-state index contributed by atoms with van der Waals surface area (Å²) in [4.78, 5) is 13.5. The van der Waals surface area contributed by atoms with Gasteiger partial charge in [-0.2, -0.15) is 13.2 Å². The van der Waals surface area contributed by atoms with Gasteiger partial charge in [-0.25, -0.2) is 4.39 Å². The SMILES string of the molecule is CN(Cc1ccc(C(F)(F)F)cc1)C(=O)Cc1ccc(F)cc1. The van der Waals surface area contributed by atoms with Gasteiger partial charge in [-0.15, -0.1) is 0 Å². The highest BCUT2D eigenvalue weighted by atomic mass is 19.4. The molecule has 0 saturated carbocycles. The standard InChI is InChI=1S/C17H15F4NO/c1-22(16(23)10-12-4-8-15(18)9-5-12)11-13-2-6-14(7-3-13)17(19,20)21/h2-9H,10-11H2,1H3. The van der Waals surface area contributed by atoms with Crippen LogP contribution in [0.4, 0.5) is 17.6 Å². The summed E-state index contributed by atoms with van der Waals surface area (Å²) in [6, 6.07) is 10.3. The number of halogens is 4. The largest absolute Gasteiger partial charge is 0.416 e. The van der Waals surface area contributed by atoms with Crippen molar-refractivity contribution in [2.45, 2.75) is 19.1 Å². The molecule has 2 aromatic carbocycles. The lowest BCUT2D eigenvalue weighted by atomic mass is 10.1. The van der Waals surface area contributed by atoms with Gasteiger partial charge in [-0.3, -0.25) is 4.79 Å². The van der Waals surface area contributed by atoms with E-state index in [4.69, 9.17) is 0 Å². The Labute approximate surface area is 131 Å². The van der Waals surface area contributed by atoms with Crippen LogP contribution in [0.3, 0.4) is 0 Å². The molecule has 1 amide bonds. The molecule has 0 unspecified atom stereocenters. The number of benzene rings is 2. The molecule has 2 nitrogen and oxygen atoms in total. The molecule has 6 heteroatoms. The molecule has 0 atom stereocenters. The number of likely N-dealkylation sites (N-methyl/N-ethyl adjacent to an activating group) is 1. The summed E-state index contributed by atoms with van der Waals surface area (Å²) < 4.78 is 50.3. The Balaban J connectivity index is 1.96. The number of rotatable bonds is 4. The molecule has 0 N–H and O–H groups in total. The molecule has 0 fully saturated rings. The summed E-state index contributed by atoms with van der Waals surface area (Å²) in [7, 11) is 1.57. The fourth-order valence-corrected chi connectivity index (χ4v) is 2.07. The van der Waals surface area contributed by atoms with E-state index in [0.717, 1.165) is 12.1 Å². The molecule has 0 radical (unpaired) electrons. The minimum atomic E-state index is -4.37. The second-order valence-corrected chi connectivity index (χ2v) is 5.25. The number of hydrogen-bond acceptors (Lipinski definition) is 1. The number of carbonyl (C=O) groups is 1. The Morgan fingerprint density at radius 2 is 1.48 bits per heavy atom. The molecule has 0 aliphatic rings. The smallest absolute Gasteiger partial charge is 0.341 e. The van der Waals surface area contributed by atoms with Crippen molar-refractivity contribution >= 4 is 5.91 Å². The van der Waals surface area contributed by atoms with Crippen molar-refractivity contribution in [3.8, 4) is 0 Å². The van der Waals surface area contributed by atoms with Gasteiger partial charge in [-0.1, -0.05) is 24.3 Å². The highest BCUT2D eigenvalue weighted by Gasteiger charge is 2.29. The predicted octanol–water partition coefficient (Wildman–Crippen LogP) is 4.05. The van der Waals surface area contributed by atoms with Crippen LogP contribution in [0.5, 0.6) is 0 Å². The minimum absolute atomic E-state index is 0.109. The zero-order valence-electron chi connectivity index (χ0n) is 12.4. The van der Waals surface area contributed by atoms with E-state index < -0.39 is 11.7 Å². The zero-order chi connectivity index (χ0) is 17.0. The number of alkyl halides is 3. The Morgan fingerprint density at radius 3 is 2.00 bits per heavy atom. The summed E-state index contributed by atoms with van der Waals surface area (Å²) in [6.07, 6.45) is -4.26. The topological polar surface area (TPSA) is 20.3 Å². The molecule has 0 heterocycles. The molecule has 0 spiro atoms. The molecule has 0 saturated heterocycles. The summed E-state index contributed by atoms with van der Waals surface area (Å²) >= 11 is 0. The van der Waals surface area contributed by atoms with Crippen molar-refractivity contribution in [2.75, 3.05) is 7.05 Å². The van der Waals surface area contributed by atoms with E-state index in [9.17, 15) is 22.4 Å². The molecule has 0 aliphatic carbocycles. The summed E-state index contributed by atoms with van der Waals surface area (Å²) in [5.41, 5.74) is 0.560. The van der Waals surface area contributed by atoms with Crippen LogP contribution >= 0.6 is 0 Å². The van der Waals surface area contributed by atoms with Crippen molar-refractivity contribution in [3.05, 3.63) is 71.0 Å². The van der Waals surface area contributed by atoms with Crippen LogP contribution in [-0.2, 0) is 23.9 Å². The third-order valence-corrected chi connectivity index (χ3v) is 3.40. The zero-order valence-corrected chi connectivity index (χ0v) is 12.4.